The van der Waals surface area contributed by atoms with Gasteiger partial charge in [-0.25, -0.2) is 0 Å². The monoisotopic (exact) mass is 300 g/mol. The van der Waals surface area contributed by atoms with Crippen LogP contribution in [0.5, 0.6) is 5.75 Å². The number of benzene rings is 1. The molecule has 0 amide bonds. The molecule has 4 heteroatoms. The predicted molar refractivity (Wildman–Crippen MR) is 88.8 cm³/mol. The van der Waals surface area contributed by atoms with Crippen LogP contribution in [0.2, 0.25) is 0 Å². The zero-order valence-corrected chi connectivity index (χ0v) is 13.1. The normalized spacial score (nSPS) is 17.7. The van der Waals surface area contributed by atoms with Gasteiger partial charge in [-0.1, -0.05) is 6.07 Å². The van der Waals surface area contributed by atoms with Crippen molar-refractivity contribution in [2.45, 2.75) is 12.8 Å². The lowest BCUT2D eigenvalue weighted by molar-refractivity contribution is 0.311. The van der Waals surface area contributed by atoms with Crippen LogP contribution in [0.25, 0.3) is 10.4 Å². The summed E-state index contributed by atoms with van der Waals surface area (Å²) in [6.45, 7) is 3.87. The minimum atomic E-state index is 0.782. The molecule has 0 radical (unpaired) electrons. The highest BCUT2D eigenvalue weighted by atomic mass is 32.1. The number of anilines is 1. The van der Waals surface area contributed by atoms with Gasteiger partial charge >= 0.3 is 0 Å². The van der Waals surface area contributed by atoms with E-state index >= 15 is 0 Å². The van der Waals surface area contributed by atoms with Crippen LogP contribution in [0.15, 0.2) is 23.6 Å². The van der Waals surface area contributed by atoms with Gasteiger partial charge in [-0.3, -0.25) is 0 Å². The van der Waals surface area contributed by atoms with Crippen molar-refractivity contribution in [3.05, 3.63) is 34.7 Å². The van der Waals surface area contributed by atoms with Gasteiger partial charge in [0.1, 0.15) is 12.4 Å². The van der Waals surface area contributed by atoms with Crippen molar-refractivity contribution < 1.29 is 4.74 Å². The van der Waals surface area contributed by atoms with Crippen molar-refractivity contribution in [3.8, 4) is 16.2 Å². The fourth-order valence-electron chi connectivity index (χ4n) is 3.39. The lowest BCUT2D eigenvalue weighted by Gasteiger charge is -2.32. The smallest absolute Gasteiger partial charge is 0.143 e. The standard InChI is InChI=1S/C17H20N2OS/c1-19-8-9-20-14-11-12-4-6-18-7-5-13(12)16(17(14)19)15-3-2-10-21-15/h2-3,10-11,18H,4-9H2,1H3. The van der Waals surface area contributed by atoms with Crippen LogP contribution in [0.4, 0.5) is 5.69 Å². The van der Waals surface area contributed by atoms with Gasteiger partial charge in [0.2, 0.25) is 0 Å². The third-order valence-electron chi connectivity index (χ3n) is 4.42. The quantitative estimate of drug-likeness (QED) is 0.876. The molecular formula is C17H20N2OS. The Labute approximate surface area is 129 Å². The fraction of sp³-hybridized carbons (Fsp3) is 0.412. The van der Waals surface area contributed by atoms with E-state index in [9.17, 15) is 0 Å². The van der Waals surface area contributed by atoms with Crippen LogP contribution in [-0.2, 0) is 12.8 Å². The van der Waals surface area contributed by atoms with Crippen molar-refractivity contribution in [1.29, 1.82) is 0 Å². The number of hydrogen-bond acceptors (Lipinski definition) is 4. The van der Waals surface area contributed by atoms with Crippen LogP contribution >= 0.6 is 11.3 Å². The second kappa shape index (κ2) is 5.35. The van der Waals surface area contributed by atoms with Crippen LogP contribution in [-0.4, -0.2) is 33.3 Å². The van der Waals surface area contributed by atoms with Crippen LogP contribution < -0.4 is 15.0 Å². The molecule has 4 rings (SSSR count). The molecule has 0 spiro atoms. The first-order valence-electron chi connectivity index (χ1n) is 7.62. The van der Waals surface area contributed by atoms with Crippen molar-refractivity contribution in [2.75, 3.05) is 38.2 Å². The van der Waals surface area contributed by atoms with Gasteiger partial charge in [0.15, 0.2) is 0 Å². The van der Waals surface area contributed by atoms with E-state index in [0.29, 0.717) is 0 Å². The molecular weight excluding hydrogens is 280 g/mol. The Hall–Kier alpha value is -1.52. The molecule has 0 atom stereocenters. The summed E-state index contributed by atoms with van der Waals surface area (Å²) in [5.74, 6) is 1.06. The highest BCUT2D eigenvalue weighted by molar-refractivity contribution is 7.13. The largest absolute Gasteiger partial charge is 0.490 e. The maximum absolute atomic E-state index is 5.98. The zero-order valence-electron chi connectivity index (χ0n) is 12.3. The average Bonchev–Trinajstić information content (AvgIpc) is 2.91. The first-order chi connectivity index (χ1) is 10.3. The van der Waals surface area contributed by atoms with E-state index in [4.69, 9.17) is 4.74 Å². The van der Waals surface area contributed by atoms with E-state index in [-0.39, 0.29) is 0 Å². The number of nitrogens with one attached hydrogen (secondary N) is 1. The molecule has 0 unspecified atom stereocenters. The van der Waals surface area contributed by atoms with Crippen LogP contribution in [0.1, 0.15) is 11.1 Å². The highest BCUT2D eigenvalue weighted by Gasteiger charge is 2.26. The van der Waals surface area contributed by atoms with Crippen LogP contribution in [0.3, 0.4) is 0 Å². The average molecular weight is 300 g/mol. The van der Waals surface area contributed by atoms with E-state index in [1.54, 1.807) is 0 Å². The zero-order chi connectivity index (χ0) is 14.2. The SMILES string of the molecule is CN1CCOc2cc3c(c(-c4cccs4)c21)CCNCC3. The summed E-state index contributed by atoms with van der Waals surface area (Å²) < 4.78 is 5.98. The molecule has 2 aliphatic rings. The van der Waals surface area contributed by atoms with E-state index in [0.717, 1.165) is 44.8 Å². The number of hydrogen-bond donors (Lipinski definition) is 1. The summed E-state index contributed by atoms with van der Waals surface area (Å²) in [5.41, 5.74) is 5.66. The molecule has 110 valence electrons. The summed E-state index contributed by atoms with van der Waals surface area (Å²) in [4.78, 5) is 3.72. The molecule has 21 heavy (non-hydrogen) atoms. The molecule has 0 fully saturated rings. The van der Waals surface area contributed by atoms with Gasteiger partial charge in [-0.2, -0.15) is 0 Å². The Morgan fingerprint density at radius 1 is 1.29 bits per heavy atom. The van der Waals surface area contributed by atoms with Crippen molar-refractivity contribution >= 4 is 17.0 Å². The molecule has 2 aliphatic heterocycles. The Balaban J connectivity index is 2.00. The molecule has 0 bridgehead atoms. The lowest BCUT2D eigenvalue weighted by atomic mass is 9.93. The first-order valence-corrected chi connectivity index (χ1v) is 8.50. The number of ether oxygens (including phenoxy) is 1. The van der Waals surface area contributed by atoms with Crippen molar-refractivity contribution in [2.24, 2.45) is 0 Å². The molecule has 1 aromatic carbocycles. The predicted octanol–water partition coefficient (Wildman–Crippen LogP) is 2.93. The number of nitrogens with zero attached hydrogens (tertiary/aromatic N) is 1. The van der Waals surface area contributed by atoms with E-state index < -0.39 is 0 Å². The van der Waals surface area contributed by atoms with E-state index in [1.165, 1.54) is 27.3 Å². The summed E-state index contributed by atoms with van der Waals surface area (Å²) in [6, 6.07) is 6.66. The topological polar surface area (TPSA) is 24.5 Å². The molecule has 0 aliphatic carbocycles. The Morgan fingerprint density at radius 2 is 2.19 bits per heavy atom. The van der Waals surface area contributed by atoms with E-state index in [1.807, 2.05) is 11.3 Å². The maximum atomic E-state index is 5.98. The van der Waals surface area contributed by atoms with Gasteiger partial charge < -0.3 is 15.0 Å². The van der Waals surface area contributed by atoms with Gasteiger partial charge in [0, 0.05) is 17.5 Å². The Morgan fingerprint density at radius 3 is 3.05 bits per heavy atom. The van der Waals surface area contributed by atoms with Gasteiger partial charge in [-0.15, -0.1) is 11.3 Å². The van der Waals surface area contributed by atoms with Crippen molar-refractivity contribution in [3.63, 3.8) is 0 Å². The molecule has 2 aromatic rings. The Bertz CT molecular complexity index is 651. The van der Waals surface area contributed by atoms with E-state index in [2.05, 4.69) is 40.8 Å². The van der Waals surface area contributed by atoms with Gasteiger partial charge in [0.25, 0.3) is 0 Å². The van der Waals surface area contributed by atoms with Gasteiger partial charge in [0.05, 0.1) is 12.2 Å². The number of thiophene rings is 1. The summed E-state index contributed by atoms with van der Waals surface area (Å²) in [7, 11) is 2.18. The Kier molecular flexibility index (Phi) is 3.36. The molecule has 1 N–H and O–H groups in total. The maximum Gasteiger partial charge on any atom is 0.143 e. The highest BCUT2D eigenvalue weighted by Crippen LogP contribution is 2.46. The van der Waals surface area contributed by atoms with Crippen LogP contribution in [0, 0.1) is 0 Å². The second-order valence-electron chi connectivity index (χ2n) is 5.73. The number of rotatable bonds is 1. The molecule has 0 saturated heterocycles. The molecule has 1 aromatic heterocycles. The molecule has 0 saturated carbocycles. The summed E-state index contributed by atoms with van der Waals surface area (Å²) in [6.07, 6.45) is 2.19. The molecule has 3 nitrogen and oxygen atoms in total. The summed E-state index contributed by atoms with van der Waals surface area (Å²) in [5, 5.41) is 5.68. The fourth-order valence-corrected chi connectivity index (χ4v) is 4.19. The van der Waals surface area contributed by atoms with Gasteiger partial charge in [-0.05, 0) is 54.6 Å². The minimum Gasteiger partial charge on any atom is -0.490 e. The third kappa shape index (κ3) is 2.23. The third-order valence-corrected chi connectivity index (χ3v) is 5.31. The molecule has 3 heterocycles. The van der Waals surface area contributed by atoms with Crippen molar-refractivity contribution in [1.82, 2.24) is 5.32 Å². The lowest BCUT2D eigenvalue weighted by Crippen LogP contribution is -2.30. The number of likely N-dealkylation sites (N-methyl/N-ethyl adjacent to an activating group) is 1. The number of fused-ring (bicyclic) bond motifs is 2. The summed E-state index contributed by atoms with van der Waals surface area (Å²) >= 11 is 1.83. The minimum absolute atomic E-state index is 0.782. The first kappa shape index (κ1) is 13.2. The second-order valence-corrected chi connectivity index (χ2v) is 6.68.